The first-order chi connectivity index (χ1) is 25.2. The van der Waals surface area contributed by atoms with E-state index in [1.165, 1.54) is 24.3 Å². The predicted octanol–water partition coefficient (Wildman–Crippen LogP) is 4.50. The maximum Gasteiger partial charge on any atom is 0.488 e. The van der Waals surface area contributed by atoms with Crippen molar-refractivity contribution in [2.24, 2.45) is 23.7 Å². The van der Waals surface area contributed by atoms with Crippen LogP contribution in [0.4, 0.5) is 5.69 Å². The number of phenolic OH excluding ortho intramolecular Hbond substituents is 1. The van der Waals surface area contributed by atoms with Crippen molar-refractivity contribution in [2.45, 2.75) is 31.1 Å². The highest BCUT2D eigenvalue weighted by molar-refractivity contribution is 6.58. The molecule has 3 N–H and O–H groups in total. The number of Topliss-reactive ketones (excluding diaryl/α,β-unsaturated/α-hetero) is 1. The number of amides is 2. The summed E-state index contributed by atoms with van der Waals surface area (Å²) in [4.78, 5) is 60.1. The maximum absolute atomic E-state index is 15.2. The molecule has 2 amide bonds. The first-order valence-corrected chi connectivity index (χ1v) is 17.6. The molecule has 10 heteroatoms. The molecule has 8 rings (SSSR count). The summed E-state index contributed by atoms with van der Waals surface area (Å²) in [6.07, 6.45) is 3.82. The number of allylic oxidation sites excluding steroid dienone is 4. The Balaban J connectivity index is 1.35. The van der Waals surface area contributed by atoms with Crippen molar-refractivity contribution < 1.29 is 39.1 Å². The van der Waals surface area contributed by atoms with E-state index in [9.17, 15) is 24.7 Å². The zero-order chi connectivity index (χ0) is 36.3. The predicted molar refractivity (Wildman–Crippen MR) is 195 cm³/mol. The quantitative estimate of drug-likeness (QED) is 0.146. The van der Waals surface area contributed by atoms with E-state index in [1.54, 1.807) is 43.3 Å². The van der Waals surface area contributed by atoms with Crippen LogP contribution in [0.2, 0.25) is 0 Å². The van der Waals surface area contributed by atoms with Gasteiger partial charge in [-0.15, -0.1) is 0 Å². The van der Waals surface area contributed by atoms with Crippen molar-refractivity contribution in [3.8, 4) is 11.5 Å². The number of ketones is 2. The monoisotopic (exact) mass is 693 g/mol. The number of rotatable bonds is 7. The normalized spacial score (nSPS) is 26.6. The Morgan fingerprint density at radius 2 is 1.58 bits per heavy atom. The van der Waals surface area contributed by atoms with Crippen molar-refractivity contribution in [2.75, 3.05) is 11.5 Å². The third-order valence-electron chi connectivity index (χ3n) is 11.4. The van der Waals surface area contributed by atoms with Gasteiger partial charge >= 0.3 is 7.12 Å². The number of hydrogen-bond donors (Lipinski definition) is 3. The Hall–Kier alpha value is -5.58. The minimum absolute atomic E-state index is 0.0688. The number of ether oxygens (including phenoxy) is 1. The van der Waals surface area contributed by atoms with E-state index >= 15 is 9.59 Å². The molecular weight excluding hydrogens is 657 g/mol. The number of carbonyl (C=O) groups excluding carboxylic acids is 4. The van der Waals surface area contributed by atoms with Gasteiger partial charge in [-0.1, -0.05) is 90.5 Å². The van der Waals surface area contributed by atoms with E-state index in [0.29, 0.717) is 22.3 Å². The van der Waals surface area contributed by atoms with E-state index in [2.05, 4.69) is 0 Å². The average Bonchev–Trinajstić information content (AvgIpc) is 3.42. The summed E-state index contributed by atoms with van der Waals surface area (Å²) in [6, 6.07) is 29.4. The van der Waals surface area contributed by atoms with Crippen LogP contribution in [0.5, 0.6) is 11.5 Å². The number of anilines is 1. The van der Waals surface area contributed by atoms with Crippen molar-refractivity contribution in [1.29, 1.82) is 0 Å². The molecule has 1 saturated heterocycles. The zero-order valence-electron chi connectivity index (χ0n) is 28.4. The SMILES string of the molecule is CCOc1cc([C@H]2C3=CC[C@@H]4C(=O)N(c5cccc(B(O)O)c5)C(=O)[C@@H]4[C@@H]3C[C@H]3C(=O)C(c4ccccc4)=CC(=O)[C@@]23c2ccccc2)ccc1O. The Bertz CT molecular complexity index is 2180. The summed E-state index contributed by atoms with van der Waals surface area (Å²) in [5.41, 5.74) is 1.97. The molecule has 0 unspecified atom stereocenters. The second-order valence-corrected chi connectivity index (χ2v) is 13.9. The summed E-state index contributed by atoms with van der Waals surface area (Å²) in [5.74, 6) is -4.93. The van der Waals surface area contributed by atoms with Crippen LogP contribution in [0, 0.1) is 23.7 Å². The van der Waals surface area contributed by atoms with Crippen molar-refractivity contribution in [3.05, 3.63) is 138 Å². The number of imide groups is 1. The van der Waals surface area contributed by atoms with E-state index in [4.69, 9.17) is 4.74 Å². The molecular formula is C42H36BNO8. The second-order valence-electron chi connectivity index (χ2n) is 13.9. The first-order valence-electron chi connectivity index (χ1n) is 17.6. The van der Waals surface area contributed by atoms with Gasteiger partial charge in [0.2, 0.25) is 11.8 Å². The van der Waals surface area contributed by atoms with Crippen LogP contribution in [0.15, 0.2) is 121 Å². The van der Waals surface area contributed by atoms with Crippen molar-refractivity contribution in [1.82, 2.24) is 0 Å². The topological polar surface area (TPSA) is 141 Å². The molecule has 0 bridgehead atoms. The van der Waals surface area contributed by atoms with Crippen LogP contribution in [0.25, 0.3) is 5.57 Å². The number of aromatic hydroxyl groups is 1. The van der Waals surface area contributed by atoms with Crippen LogP contribution in [-0.2, 0) is 24.6 Å². The number of carbonyl (C=O) groups is 4. The molecule has 4 aromatic carbocycles. The fourth-order valence-electron chi connectivity index (χ4n) is 9.31. The minimum atomic E-state index is -1.79. The third kappa shape index (κ3) is 5.00. The number of nitrogens with zero attached hydrogens (tertiary/aromatic N) is 1. The van der Waals surface area contributed by atoms with Gasteiger partial charge in [-0.25, -0.2) is 0 Å². The summed E-state index contributed by atoms with van der Waals surface area (Å²) in [5, 5.41) is 30.4. The van der Waals surface area contributed by atoms with Gasteiger partial charge in [0.1, 0.15) is 0 Å². The highest BCUT2D eigenvalue weighted by Crippen LogP contribution is 2.64. The molecule has 52 heavy (non-hydrogen) atoms. The fourth-order valence-corrected chi connectivity index (χ4v) is 9.31. The smallest absolute Gasteiger partial charge is 0.488 e. The van der Waals surface area contributed by atoms with Gasteiger partial charge in [0.15, 0.2) is 23.1 Å². The van der Waals surface area contributed by atoms with Crippen LogP contribution < -0.4 is 15.1 Å². The summed E-state index contributed by atoms with van der Waals surface area (Å²) in [6.45, 7) is 2.09. The second kappa shape index (κ2) is 12.9. The van der Waals surface area contributed by atoms with Crippen LogP contribution in [-0.4, -0.2) is 52.3 Å². The number of hydrogen-bond acceptors (Lipinski definition) is 8. The van der Waals surface area contributed by atoms with Crippen molar-refractivity contribution >= 4 is 47.2 Å². The van der Waals surface area contributed by atoms with Crippen LogP contribution >= 0.6 is 0 Å². The molecule has 1 heterocycles. The molecule has 1 aliphatic heterocycles. The van der Waals surface area contributed by atoms with Gasteiger partial charge in [0.05, 0.1) is 29.5 Å². The lowest BCUT2D eigenvalue weighted by atomic mass is 9.44. The highest BCUT2D eigenvalue weighted by atomic mass is 16.5. The van der Waals surface area contributed by atoms with Gasteiger partial charge in [0.25, 0.3) is 0 Å². The Labute approximate surface area is 301 Å². The number of benzene rings is 4. The van der Waals surface area contributed by atoms with E-state index in [1.807, 2.05) is 54.6 Å². The lowest BCUT2D eigenvalue weighted by molar-refractivity contribution is -0.135. The maximum atomic E-state index is 15.2. The van der Waals surface area contributed by atoms with E-state index < -0.39 is 53.9 Å². The fraction of sp³-hybridized carbons (Fsp3) is 0.238. The molecule has 4 aliphatic rings. The van der Waals surface area contributed by atoms with Gasteiger partial charge in [-0.2, -0.15) is 0 Å². The van der Waals surface area contributed by atoms with Crippen molar-refractivity contribution in [3.63, 3.8) is 0 Å². The summed E-state index contributed by atoms with van der Waals surface area (Å²) < 4.78 is 5.82. The Kier molecular flexibility index (Phi) is 8.31. The molecule has 6 atom stereocenters. The largest absolute Gasteiger partial charge is 0.504 e. The van der Waals surface area contributed by atoms with Gasteiger partial charge < -0.3 is 19.9 Å². The molecule has 2 fully saturated rings. The van der Waals surface area contributed by atoms with Crippen LogP contribution in [0.3, 0.4) is 0 Å². The average molecular weight is 694 g/mol. The molecule has 3 aliphatic carbocycles. The van der Waals surface area contributed by atoms with E-state index in [-0.39, 0.29) is 53.7 Å². The number of phenols is 1. The van der Waals surface area contributed by atoms with Crippen LogP contribution in [0.1, 0.15) is 42.4 Å². The molecule has 0 radical (unpaired) electrons. The molecule has 260 valence electrons. The third-order valence-corrected chi connectivity index (χ3v) is 11.4. The highest BCUT2D eigenvalue weighted by Gasteiger charge is 2.66. The minimum Gasteiger partial charge on any atom is -0.504 e. The van der Waals surface area contributed by atoms with Gasteiger partial charge in [-0.05, 0) is 78.2 Å². The summed E-state index contributed by atoms with van der Waals surface area (Å²) >= 11 is 0. The number of fused-ring (bicyclic) bond motifs is 4. The first kappa shape index (κ1) is 33.6. The Morgan fingerprint density at radius 1 is 0.846 bits per heavy atom. The molecule has 4 aromatic rings. The summed E-state index contributed by atoms with van der Waals surface area (Å²) in [7, 11) is -1.79. The van der Waals surface area contributed by atoms with E-state index in [0.717, 1.165) is 10.5 Å². The standard InChI is InChI=1S/C42H36BNO8/c1-2-52-35-20-25(16-19-34(35)45)38-29-17-18-30-37(41(49)44(40(30)48)28-15-9-14-27(21-28)43(50)51)32(29)22-33-39(47)31(24-10-5-3-6-11-24)23-36(46)42(33,38)26-12-7-4-8-13-26/h3-17,19-21,23,30,32-33,37-38,45,50-51H,2,18,22H2,1H3/t30-,32+,33-,37-,38-,42-/m0/s1. The molecule has 0 spiro atoms. The Morgan fingerprint density at radius 3 is 2.29 bits per heavy atom. The zero-order valence-corrected chi connectivity index (χ0v) is 28.4. The molecule has 1 saturated carbocycles. The molecule has 9 nitrogen and oxygen atoms in total. The molecule has 0 aromatic heterocycles. The lowest BCUT2D eigenvalue weighted by Gasteiger charge is -2.55. The lowest BCUT2D eigenvalue weighted by Crippen LogP contribution is -2.58. The van der Waals surface area contributed by atoms with Gasteiger partial charge in [0, 0.05) is 17.4 Å². The van der Waals surface area contributed by atoms with Gasteiger partial charge in [-0.3, -0.25) is 24.1 Å².